The monoisotopic (exact) mass is 226 g/mol. The highest BCUT2D eigenvalue weighted by Gasteiger charge is 2.37. The molecule has 2 atom stereocenters. The molecule has 0 aliphatic heterocycles. The summed E-state index contributed by atoms with van der Waals surface area (Å²) >= 11 is 0. The highest BCUT2D eigenvalue weighted by atomic mass is 14.4. The van der Waals surface area contributed by atoms with Crippen molar-refractivity contribution in [2.75, 3.05) is 0 Å². The summed E-state index contributed by atoms with van der Waals surface area (Å²) in [6.07, 6.45) is 5.36. The van der Waals surface area contributed by atoms with E-state index in [2.05, 4.69) is 55.4 Å². The Balaban J connectivity index is 4.85. The van der Waals surface area contributed by atoms with E-state index in [0.29, 0.717) is 10.8 Å². The summed E-state index contributed by atoms with van der Waals surface area (Å²) in [4.78, 5) is 0. The zero-order valence-corrected chi connectivity index (χ0v) is 13.0. The fraction of sp³-hybridized carbons (Fsp3) is 1.00. The van der Waals surface area contributed by atoms with E-state index in [0.717, 1.165) is 11.8 Å². The molecule has 0 nitrogen and oxygen atoms in total. The van der Waals surface area contributed by atoms with Crippen molar-refractivity contribution in [2.24, 2.45) is 22.7 Å². The van der Waals surface area contributed by atoms with Crippen molar-refractivity contribution in [3.05, 3.63) is 0 Å². The summed E-state index contributed by atoms with van der Waals surface area (Å²) in [6, 6.07) is 0. The fourth-order valence-corrected chi connectivity index (χ4v) is 2.81. The zero-order chi connectivity index (χ0) is 13.0. The standard InChI is InChI=1S/C16H34/c1-9-11-16(8,14(5)6)12-15(7,10-2)13(3)4/h13-14H,9-12H2,1-8H3. The fourth-order valence-electron chi connectivity index (χ4n) is 2.81. The van der Waals surface area contributed by atoms with Gasteiger partial charge in [0.05, 0.1) is 0 Å². The van der Waals surface area contributed by atoms with Crippen molar-refractivity contribution in [2.45, 2.75) is 81.1 Å². The van der Waals surface area contributed by atoms with Crippen molar-refractivity contribution in [3.8, 4) is 0 Å². The molecule has 0 amide bonds. The Hall–Kier alpha value is 0. The van der Waals surface area contributed by atoms with Crippen LogP contribution in [0.2, 0.25) is 0 Å². The molecule has 0 aromatic rings. The molecule has 0 rings (SSSR count). The predicted octanol–water partition coefficient (Wildman–Crippen LogP) is 5.91. The van der Waals surface area contributed by atoms with Gasteiger partial charge in [-0.3, -0.25) is 0 Å². The summed E-state index contributed by atoms with van der Waals surface area (Å²) in [5.41, 5.74) is 1.03. The first-order valence-electron chi connectivity index (χ1n) is 7.22. The molecule has 0 saturated carbocycles. The van der Waals surface area contributed by atoms with Gasteiger partial charge in [-0.1, -0.05) is 68.2 Å². The second-order valence-electron chi connectivity index (χ2n) is 6.90. The van der Waals surface area contributed by atoms with Crippen LogP contribution in [0.1, 0.15) is 81.1 Å². The molecule has 0 aliphatic carbocycles. The van der Waals surface area contributed by atoms with Gasteiger partial charge in [-0.25, -0.2) is 0 Å². The van der Waals surface area contributed by atoms with Crippen molar-refractivity contribution in [3.63, 3.8) is 0 Å². The van der Waals surface area contributed by atoms with Gasteiger partial charge in [-0.15, -0.1) is 0 Å². The Bertz CT molecular complexity index is 192. The van der Waals surface area contributed by atoms with Crippen LogP contribution in [0.3, 0.4) is 0 Å². The molecule has 0 aliphatic rings. The highest BCUT2D eigenvalue weighted by molar-refractivity contribution is 4.87. The first-order valence-corrected chi connectivity index (χ1v) is 7.22. The lowest BCUT2D eigenvalue weighted by atomic mass is 9.61. The van der Waals surface area contributed by atoms with Gasteiger partial charge in [0.2, 0.25) is 0 Å². The van der Waals surface area contributed by atoms with E-state index in [-0.39, 0.29) is 0 Å². The van der Waals surface area contributed by atoms with Gasteiger partial charge in [0, 0.05) is 0 Å². The Morgan fingerprint density at radius 3 is 1.50 bits per heavy atom. The molecule has 0 N–H and O–H groups in total. The van der Waals surface area contributed by atoms with Crippen LogP contribution >= 0.6 is 0 Å². The third kappa shape index (κ3) is 3.79. The number of hydrogen-bond acceptors (Lipinski definition) is 0. The lowest BCUT2D eigenvalue weighted by molar-refractivity contribution is 0.0612. The Labute approximate surface area is 104 Å². The van der Waals surface area contributed by atoms with Gasteiger partial charge >= 0.3 is 0 Å². The first-order chi connectivity index (χ1) is 7.22. The van der Waals surface area contributed by atoms with Crippen molar-refractivity contribution < 1.29 is 0 Å². The quantitative estimate of drug-likeness (QED) is 0.506. The maximum atomic E-state index is 2.50. The molecular formula is C16H34. The van der Waals surface area contributed by atoms with Gasteiger partial charge in [0.15, 0.2) is 0 Å². The van der Waals surface area contributed by atoms with Gasteiger partial charge < -0.3 is 0 Å². The van der Waals surface area contributed by atoms with E-state index in [1.165, 1.54) is 25.7 Å². The third-order valence-corrected chi connectivity index (χ3v) is 5.22. The molecule has 0 spiro atoms. The Kier molecular flexibility index (Phi) is 6.07. The molecule has 0 fully saturated rings. The van der Waals surface area contributed by atoms with Crippen LogP contribution in [0.15, 0.2) is 0 Å². The average molecular weight is 226 g/mol. The molecule has 0 heteroatoms. The molecule has 16 heavy (non-hydrogen) atoms. The topological polar surface area (TPSA) is 0 Å². The van der Waals surface area contributed by atoms with Crippen LogP contribution in [-0.2, 0) is 0 Å². The first kappa shape index (κ1) is 16.0. The minimum atomic E-state index is 0.508. The second-order valence-corrected chi connectivity index (χ2v) is 6.90. The normalized spacial score (nSPS) is 19.9. The molecule has 0 bridgehead atoms. The minimum absolute atomic E-state index is 0.508. The lowest BCUT2D eigenvalue weighted by Crippen LogP contribution is -2.34. The third-order valence-electron chi connectivity index (χ3n) is 5.22. The summed E-state index contributed by atoms with van der Waals surface area (Å²) in [7, 11) is 0. The van der Waals surface area contributed by atoms with E-state index in [1.54, 1.807) is 0 Å². The van der Waals surface area contributed by atoms with Crippen LogP contribution in [0, 0.1) is 22.7 Å². The highest BCUT2D eigenvalue weighted by Crippen LogP contribution is 2.47. The predicted molar refractivity (Wildman–Crippen MR) is 75.7 cm³/mol. The van der Waals surface area contributed by atoms with Crippen molar-refractivity contribution in [1.82, 2.24) is 0 Å². The SMILES string of the molecule is CCCC(C)(CC(C)(CC)C(C)C)C(C)C. The van der Waals surface area contributed by atoms with Crippen LogP contribution in [0.25, 0.3) is 0 Å². The van der Waals surface area contributed by atoms with E-state index < -0.39 is 0 Å². The van der Waals surface area contributed by atoms with E-state index >= 15 is 0 Å². The molecule has 0 heterocycles. The molecule has 0 aromatic carbocycles. The van der Waals surface area contributed by atoms with Gasteiger partial charge in [0.25, 0.3) is 0 Å². The van der Waals surface area contributed by atoms with Gasteiger partial charge in [-0.05, 0) is 35.5 Å². The van der Waals surface area contributed by atoms with Crippen LogP contribution in [-0.4, -0.2) is 0 Å². The maximum Gasteiger partial charge on any atom is -0.0298 e. The van der Waals surface area contributed by atoms with Crippen molar-refractivity contribution in [1.29, 1.82) is 0 Å². The summed E-state index contributed by atoms with van der Waals surface area (Å²) in [6.45, 7) is 19.2. The Morgan fingerprint density at radius 1 is 0.812 bits per heavy atom. The lowest BCUT2D eigenvalue weighted by Gasteiger charge is -2.44. The largest absolute Gasteiger partial charge is 0.0654 e. The van der Waals surface area contributed by atoms with Crippen LogP contribution in [0.4, 0.5) is 0 Å². The minimum Gasteiger partial charge on any atom is -0.0654 e. The van der Waals surface area contributed by atoms with Crippen LogP contribution < -0.4 is 0 Å². The second kappa shape index (κ2) is 6.07. The van der Waals surface area contributed by atoms with E-state index in [1.807, 2.05) is 0 Å². The molecule has 0 saturated heterocycles. The molecule has 2 unspecified atom stereocenters. The summed E-state index contributed by atoms with van der Waals surface area (Å²) in [5, 5.41) is 0. The average Bonchev–Trinajstić information content (AvgIpc) is 2.17. The van der Waals surface area contributed by atoms with Gasteiger partial charge in [0.1, 0.15) is 0 Å². The summed E-state index contributed by atoms with van der Waals surface area (Å²) < 4.78 is 0. The maximum absolute atomic E-state index is 2.50. The molecule has 0 aromatic heterocycles. The number of rotatable bonds is 7. The van der Waals surface area contributed by atoms with Crippen molar-refractivity contribution >= 4 is 0 Å². The zero-order valence-electron chi connectivity index (χ0n) is 13.0. The van der Waals surface area contributed by atoms with Crippen LogP contribution in [0.5, 0.6) is 0 Å². The molecule has 98 valence electrons. The number of hydrogen-bond donors (Lipinski definition) is 0. The van der Waals surface area contributed by atoms with E-state index in [4.69, 9.17) is 0 Å². The van der Waals surface area contributed by atoms with E-state index in [9.17, 15) is 0 Å². The molecule has 0 radical (unpaired) electrons. The molecular weight excluding hydrogens is 192 g/mol. The summed E-state index contributed by atoms with van der Waals surface area (Å²) in [5.74, 6) is 1.57. The smallest absolute Gasteiger partial charge is 0.0298 e. The van der Waals surface area contributed by atoms with Gasteiger partial charge in [-0.2, -0.15) is 0 Å². The Morgan fingerprint density at radius 2 is 1.25 bits per heavy atom.